The number of nitrogens with zero attached hydrogens (tertiary/aromatic N) is 1. The molecular weight excluding hydrogens is 206 g/mol. The van der Waals surface area contributed by atoms with Crippen molar-refractivity contribution < 1.29 is 9.53 Å². The quantitative estimate of drug-likeness (QED) is 0.802. The minimum atomic E-state index is -0.240. The number of urea groups is 1. The van der Waals surface area contributed by atoms with E-state index in [1.165, 1.54) is 0 Å². The second-order valence-electron chi connectivity index (χ2n) is 3.17. The van der Waals surface area contributed by atoms with E-state index in [1.54, 1.807) is 18.3 Å². The zero-order chi connectivity index (χ0) is 11.8. The van der Waals surface area contributed by atoms with E-state index in [0.717, 1.165) is 6.42 Å². The van der Waals surface area contributed by atoms with E-state index in [9.17, 15) is 4.79 Å². The van der Waals surface area contributed by atoms with E-state index in [2.05, 4.69) is 15.6 Å². The third-order valence-electron chi connectivity index (χ3n) is 1.84. The number of aromatic nitrogens is 1. The van der Waals surface area contributed by atoms with E-state index in [1.807, 2.05) is 13.8 Å². The first-order valence-electron chi connectivity index (χ1n) is 5.40. The first-order chi connectivity index (χ1) is 7.77. The molecule has 1 rings (SSSR count). The lowest BCUT2D eigenvalue weighted by Crippen LogP contribution is -2.29. The molecule has 1 aromatic rings. The molecule has 0 aromatic carbocycles. The van der Waals surface area contributed by atoms with E-state index in [-0.39, 0.29) is 6.03 Å². The molecule has 0 aliphatic rings. The van der Waals surface area contributed by atoms with Crippen molar-refractivity contribution in [3.63, 3.8) is 0 Å². The number of hydrogen-bond acceptors (Lipinski definition) is 3. The zero-order valence-electron chi connectivity index (χ0n) is 9.62. The summed E-state index contributed by atoms with van der Waals surface area (Å²) in [6, 6.07) is 3.26. The summed E-state index contributed by atoms with van der Waals surface area (Å²) in [5.74, 6) is 0.441. The van der Waals surface area contributed by atoms with Crippen LogP contribution < -0.4 is 15.4 Å². The van der Waals surface area contributed by atoms with Crippen LogP contribution in [0.4, 0.5) is 10.5 Å². The molecule has 0 radical (unpaired) electrons. The summed E-state index contributed by atoms with van der Waals surface area (Å²) < 4.78 is 5.29. The molecule has 0 saturated heterocycles. The number of ether oxygens (including phenoxy) is 1. The molecule has 0 aliphatic carbocycles. The Balaban J connectivity index is 2.61. The lowest BCUT2D eigenvalue weighted by atomic mass is 10.4. The molecular formula is C11H17N3O2. The van der Waals surface area contributed by atoms with Gasteiger partial charge in [-0.3, -0.25) is 0 Å². The Labute approximate surface area is 95.2 Å². The van der Waals surface area contributed by atoms with Crippen molar-refractivity contribution in [3.05, 3.63) is 18.3 Å². The summed E-state index contributed by atoms with van der Waals surface area (Å²) in [6.45, 7) is 5.03. The van der Waals surface area contributed by atoms with Gasteiger partial charge in [-0.05, 0) is 25.5 Å². The number of hydrogen-bond donors (Lipinski definition) is 2. The maximum Gasteiger partial charge on any atom is 0.319 e. The summed E-state index contributed by atoms with van der Waals surface area (Å²) in [5.41, 5.74) is 0.581. The molecule has 16 heavy (non-hydrogen) atoms. The van der Waals surface area contributed by atoms with Gasteiger partial charge in [-0.25, -0.2) is 9.78 Å². The minimum Gasteiger partial charge on any atom is -0.476 e. The van der Waals surface area contributed by atoms with Crippen molar-refractivity contribution in [3.8, 4) is 5.88 Å². The molecule has 0 fully saturated rings. The number of nitrogens with one attached hydrogen (secondary N) is 2. The van der Waals surface area contributed by atoms with Gasteiger partial charge in [0.15, 0.2) is 0 Å². The molecule has 0 bridgehead atoms. The minimum absolute atomic E-state index is 0.240. The maximum absolute atomic E-state index is 11.4. The number of pyridine rings is 1. The SMILES string of the molecule is CCCNC(=O)Nc1cccnc1OCC. The highest BCUT2D eigenvalue weighted by Gasteiger charge is 2.06. The van der Waals surface area contributed by atoms with Crippen LogP contribution >= 0.6 is 0 Å². The largest absolute Gasteiger partial charge is 0.476 e. The van der Waals surface area contributed by atoms with Gasteiger partial charge in [-0.15, -0.1) is 0 Å². The predicted molar refractivity (Wildman–Crippen MR) is 62.7 cm³/mol. The molecule has 0 aliphatic heterocycles. The molecule has 1 aromatic heterocycles. The monoisotopic (exact) mass is 223 g/mol. The molecule has 2 N–H and O–H groups in total. The van der Waals surface area contributed by atoms with Gasteiger partial charge in [0.1, 0.15) is 5.69 Å². The van der Waals surface area contributed by atoms with Crippen molar-refractivity contribution in [1.82, 2.24) is 10.3 Å². The zero-order valence-corrected chi connectivity index (χ0v) is 9.62. The predicted octanol–water partition coefficient (Wildman–Crippen LogP) is 2.01. The van der Waals surface area contributed by atoms with Crippen LogP contribution in [0.15, 0.2) is 18.3 Å². The smallest absolute Gasteiger partial charge is 0.319 e. The van der Waals surface area contributed by atoms with Crippen LogP contribution in [0.3, 0.4) is 0 Å². The second kappa shape index (κ2) is 6.66. The summed E-state index contributed by atoms with van der Waals surface area (Å²) in [7, 11) is 0. The van der Waals surface area contributed by atoms with Gasteiger partial charge >= 0.3 is 6.03 Å². The fourth-order valence-electron chi connectivity index (χ4n) is 1.14. The fourth-order valence-corrected chi connectivity index (χ4v) is 1.14. The van der Waals surface area contributed by atoms with Gasteiger partial charge in [-0.1, -0.05) is 6.92 Å². The van der Waals surface area contributed by atoms with Crippen LogP contribution in [0, 0.1) is 0 Å². The Morgan fingerprint density at radius 2 is 2.31 bits per heavy atom. The highest BCUT2D eigenvalue weighted by molar-refractivity contribution is 5.90. The number of rotatable bonds is 5. The third kappa shape index (κ3) is 3.76. The van der Waals surface area contributed by atoms with Gasteiger partial charge in [0.05, 0.1) is 6.61 Å². The topological polar surface area (TPSA) is 63.2 Å². The average Bonchev–Trinajstić information content (AvgIpc) is 2.29. The summed E-state index contributed by atoms with van der Waals surface area (Å²) in [6.07, 6.45) is 2.53. The average molecular weight is 223 g/mol. The highest BCUT2D eigenvalue weighted by atomic mass is 16.5. The van der Waals surface area contributed by atoms with E-state index in [4.69, 9.17) is 4.74 Å². The molecule has 88 valence electrons. The van der Waals surface area contributed by atoms with E-state index < -0.39 is 0 Å². The van der Waals surface area contributed by atoms with E-state index in [0.29, 0.717) is 24.7 Å². The van der Waals surface area contributed by atoms with Gasteiger partial charge in [0.25, 0.3) is 0 Å². The highest BCUT2D eigenvalue weighted by Crippen LogP contribution is 2.19. The normalized spacial score (nSPS) is 9.62. The van der Waals surface area contributed by atoms with Crippen molar-refractivity contribution in [1.29, 1.82) is 0 Å². The first kappa shape index (κ1) is 12.3. The third-order valence-corrected chi connectivity index (χ3v) is 1.84. The number of anilines is 1. The van der Waals surface area contributed by atoms with Gasteiger partial charge in [0.2, 0.25) is 5.88 Å². The molecule has 2 amide bonds. The molecule has 0 spiro atoms. The van der Waals surface area contributed by atoms with Crippen LogP contribution in [-0.2, 0) is 0 Å². The van der Waals surface area contributed by atoms with Crippen molar-refractivity contribution in [2.24, 2.45) is 0 Å². The molecule has 1 heterocycles. The molecule has 5 heteroatoms. The van der Waals surface area contributed by atoms with Crippen LogP contribution in [0.1, 0.15) is 20.3 Å². The lowest BCUT2D eigenvalue weighted by molar-refractivity contribution is 0.252. The standard InChI is InChI=1S/C11H17N3O2/c1-3-7-13-11(15)14-9-6-5-8-12-10(9)16-4-2/h5-6,8H,3-4,7H2,1-2H3,(H2,13,14,15). The number of amides is 2. The maximum atomic E-state index is 11.4. The molecule has 0 atom stereocenters. The Kier molecular flexibility index (Phi) is 5.11. The Morgan fingerprint density at radius 3 is 3.00 bits per heavy atom. The molecule has 5 nitrogen and oxygen atoms in total. The van der Waals surface area contributed by atoms with Crippen LogP contribution in [0.5, 0.6) is 5.88 Å². The fraction of sp³-hybridized carbons (Fsp3) is 0.455. The van der Waals surface area contributed by atoms with Crippen LogP contribution in [-0.4, -0.2) is 24.2 Å². The summed E-state index contributed by atoms with van der Waals surface area (Å²) in [5, 5.41) is 5.41. The number of carbonyl (C=O) groups is 1. The molecule has 0 saturated carbocycles. The summed E-state index contributed by atoms with van der Waals surface area (Å²) >= 11 is 0. The van der Waals surface area contributed by atoms with Crippen molar-refractivity contribution in [2.45, 2.75) is 20.3 Å². The van der Waals surface area contributed by atoms with Crippen LogP contribution in [0.25, 0.3) is 0 Å². The second-order valence-corrected chi connectivity index (χ2v) is 3.17. The molecule has 0 unspecified atom stereocenters. The number of carbonyl (C=O) groups excluding carboxylic acids is 1. The van der Waals surface area contributed by atoms with Gasteiger partial charge < -0.3 is 15.4 Å². The lowest BCUT2D eigenvalue weighted by Gasteiger charge is -2.10. The van der Waals surface area contributed by atoms with Gasteiger partial charge in [-0.2, -0.15) is 0 Å². The Hall–Kier alpha value is -1.78. The first-order valence-corrected chi connectivity index (χ1v) is 5.40. The Morgan fingerprint density at radius 1 is 1.50 bits per heavy atom. The van der Waals surface area contributed by atoms with Crippen molar-refractivity contribution >= 4 is 11.7 Å². The Bertz CT molecular complexity index is 342. The van der Waals surface area contributed by atoms with Crippen LogP contribution in [0.2, 0.25) is 0 Å². The van der Waals surface area contributed by atoms with E-state index >= 15 is 0 Å². The van der Waals surface area contributed by atoms with Gasteiger partial charge in [0, 0.05) is 12.7 Å². The van der Waals surface area contributed by atoms with Crippen molar-refractivity contribution in [2.75, 3.05) is 18.5 Å². The summed E-state index contributed by atoms with van der Waals surface area (Å²) in [4.78, 5) is 15.5.